The summed E-state index contributed by atoms with van der Waals surface area (Å²) in [6.45, 7) is 3.46. The van der Waals surface area contributed by atoms with Gasteiger partial charge in [0, 0.05) is 19.6 Å². The summed E-state index contributed by atoms with van der Waals surface area (Å²) in [6, 6.07) is 0. The Balaban J connectivity index is 2.42. The molecule has 1 aliphatic heterocycles. The maximum Gasteiger partial charge on any atom is 0.130 e. The number of hydrogen-bond donors (Lipinski definition) is 0. The average Bonchev–Trinajstić information content (AvgIpc) is 2.18. The lowest BCUT2D eigenvalue weighted by Crippen LogP contribution is -2.28. The lowest BCUT2D eigenvalue weighted by Gasteiger charge is -2.29. The Morgan fingerprint density at radius 2 is 2.43 bits per heavy atom. The van der Waals surface area contributed by atoms with Crippen molar-refractivity contribution in [1.82, 2.24) is 0 Å². The van der Waals surface area contributed by atoms with Gasteiger partial charge in [0.25, 0.3) is 0 Å². The molecule has 3 heteroatoms. The maximum absolute atomic E-state index is 11.1. The van der Waals surface area contributed by atoms with Crippen LogP contribution < -0.4 is 0 Å². The van der Waals surface area contributed by atoms with Crippen molar-refractivity contribution < 1.29 is 9.53 Å². The van der Waals surface area contributed by atoms with Gasteiger partial charge in [-0.1, -0.05) is 0 Å². The number of rotatable bonds is 5. The molecule has 14 heavy (non-hydrogen) atoms. The monoisotopic (exact) mass is 216 g/mol. The molecule has 1 heterocycles. The molecule has 0 N–H and O–H groups in total. The third kappa shape index (κ3) is 4.01. The second-order valence-corrected chi connectivity index (χ2v) is 5.01. The molecular weight excluding hydrogens is 196 g/mol. The lowest BCUT2D eigenvalue weighted by molar-refractivity contribution is -0.118. The number of thioether (sulfide) groups is 1. The van der Waals surface area contributed by atoms with Crippen molar-refractivity contribution in [2.75, 3.05) is 25.2 Å². The van der Waals surface area contributed by atoms with Crippen molar-refractivity contribution in [3.63, 3.8) is 0 Å². The minimum Gasteiger partial charge on any atom is -0.381 e. The summed E-state index contributed by atoms with van der Waals surface area (Å²) in [5.74, 6) is 2.55. The highest BCUT2D eigenvalue weighted by Gasteiger charge is 2.24. The van der Waals surface area contributed by atoms with Crippen LogP contribution in [0.4, 0.5) is 0 Å². The zero-order chi connectivity index (χ0) is 10.4. The van der Waals surface area contributed by atoms with Crippen molar-refractivity contribution in [2.24, 2.45) is 11.8 Å². The average molecular weight is 216 g/mol. The van der Waals surface area contributed by atoms with Crippen LogP contribution >= 0.6 is 11.8 Å². The zero-order valence-electron chi connectivity index (χ0n) is 9.12. The Hall–Kier alpha value is -0.0200. The van der Waals surface area contributed by atoms with Gasteiger partial charge in [-0.25, -0.2) is 0 Å². The molecular formula is C11H20O2S. The van der Waals surface area contributed by atoms with Gasteiger partial charge in [0.15, 0.2) is 0 Å². The van der Waals surface area contributed by atoms with Crippen LogP contribution in [0.25, 0.3) is 0 Å². The van der Waals surface area contributed by atoms with Crippen LogP contribution in [0.5, 0.6) is 0 Å². The standard InChI is InChI=1S/C11H20O2S/c1-9(12)6-11(8-14-2)10-4-3-5-13-7-10/h10-11H,3-8H2,1-2H3. The molecule has 1 saturated heterocycles. The van der Waals surface area contributed by atoms with E-state index in [4.69, 9.17) is 4.74 Å². The van der Waals surface area contributed by atoms with Crippen molar-refractivity contribution in [1.29, 1.82) is 0 Å². The molecule has 1 aliphatic rings. The van der Waals surface area contributed by atoms with Crippen LogP contribution in [-0.2, 0) is 9.53 Å². The first-order valence-electron chi connectivity index (χ1n) is 5.30. The SMILES string of the molecule is CSCC(CC(C)=O)C1CCCOC1. The normalized spacial score (nSPS) is 24.6. The number of Topliss-reactive ketones (excluding diaryl/α,β-unsaturated/α-hetero) is 1. The van der Waals surface area contributed by atoms with E-state index in [9.17, 15) is 4.79 Å². The van der Waals surface area contributed by atoms with E-state index in [1.165, 1.54) is 6.42 Å². The van der Waals surface area contributed by atoms with Gasteiger partial charge in [-0.3, -0.25) is 0 Å². The number of carbonyl (C=O) groups excluding carboxylic acids is 1. The molecule has 2 atom stereocenters. The molecule has 0 bridgehead atoms. The molecule has 82 valence electrons. The van der Waals surface area contributed by atoms with E-state index in [2.05, 4.69) is 6.26 Å². The number of carbonyl (C=O) groups is 1. The summed E-state index contributed by atoms with van der Waals surface area (Å²) in [5, 5.41) is 0. The van der Waals surface area contributed by atoms with Gasteiger partial charge in [0.1, 0.15) is 5.78 Å². The molecule has 0 aromatic heterocycles. The van der Waals surface area contributed by atoms with Crippen molar-refractivity contribution in [2.45, 2.75) is 26.2 Å². The summed E-state index contributed by atoms with van der Waals surface area (Å²) in [7, 11) is 0. The van der Waals surface area contributed by atoms with Crippen molar-refractivity contribution in [3.8, 4) is 0 Å². The van der Waals surface area contributed by atoms with Crippen LogP contribution in [0.2, 0.25) is 0 Å². The summed E-state index contributed by atoms with van der Waals surface area (Å²) in [6.07, 6.45) is 5.23. The third-order valence-corrected chi connectivity index (χ3v) is 3.55. The smallest absolute Gasteiger partial charge is 0.130 e. The quantitative estimate of drug-likeness (QED) is 0.706. The molecule has 0 spiro atoms. The fraction of sp³-hybridized carbons (Fsp3) is 0.909. The van der Waals surface area contributed by atoms with Crippen LogP contribution in [0.1, 0.15) is 26.2 Å². The molecule has 0 amide bonds. The first-order valence-corrected chi connectivity index (χ1v) is 6.69. The van der Waals surface area contributed by atoms with E-state index in [0.29, 0.717) is 17.6 Å². The minimum absolute atomic E-state index is 0.314. The first-order chi connectivity index (χ1) is 6.74. The van der Waals surface area contributed by atoms with E-state index in [-0.39, 0.29) is 0 Å². The maximum atomic E-state index is 11.1. The van der Waals surface area contributed by atoms with E-state index in [0.717, 1.165) is 31.8 Å². The highest BCUT2D eigenvalue weighted by molar-refractivity contribution is 7.98. The van der Waals surface area contributed by atoms with Gasteiger partial charge >= 0.3 is 0 Å². The lowest BCUT2D eigenvalue weighted by atomic mass is 9.86. The highest BCUT2D eigenvalue weighted by Crippen LogP contribution is 2.27. The second-order valence-electron chi connectivity index (χ2n) is 4.10. The fourth-order valence-corrected chi connectivity index (χ4v) is 2.90. The van der Waals surface area contributed by atoms with Gasteiger partial charge in [0.05, 0.1) is 0 Å². The molecule has 0 saturated carbocycles. The van der Waals surface area contributed by atoms with Crippen LogP contribution in [0.3, 0.4) is 0 Å². The van der Waals surface area contributed by atoms with Crippen LogP contribution in [0, 0.1) is 11.8 Å². The Bertz CT molecular complexity index is 176. The molecule has 1 rings (SSSR count). The molecule has 0 aromatic rings. The summed E-state index contributed by atoms with van der Waals surface area (Å²) >= 11 is 1.84. The van der Waals surface area contributed by atoms with Gasteiger partial charge in [-0.05, 0) is 43.6 Å². The Labute approximate surface area is 90.8 Å². The minimum atomic E-state index is 0.314. The summed E-state index contributed by atoms with van der Waals surface area (Å²) in [5.41, 5.74) is 0. The predicted molar refractivity (Wildman–Crippen MR) is 60.7 cm³/mol. The molecule has 1 fully saturated rings. The fourth-order valence-electron chi connectivity index (χ4n) is 2.08. The highest BCUT2D eigenvalue weighted by atomic mass is 32.2. The zero-order valence-corrected chi connectivity index (χ0v) is 9.94. The first kappa shape index (κ1) is 12.1. The van der Waals surface area contributed by atoms with E-state index >= 15 is 0 Å². The predicted octanol–water partition coefficient (Wildman–Crippen LogP) is 2.37. The third-order valence-electron chi connectivity index (χ3n) is 2.79. The van der Waals surface area contributed by atoms with E-state index < -0.39 is 0 Å². The Morgan fingerprint density at radius 3 is 2.93 bits per heavy atom. The van der Waals surface area contributed by atoms with Gasteiger partial charge in [-0.2, -0.15) is 11.8 Å². The number of ether oxygens (including phenoxy) is 1. The molecule has 2 nitrogen and oxygen atoms in total. The Kier molecular flexibility index (Phi) is 5.56. The number of ketones is 1. The van der Waals surface area contributed by atoms with Crippen molar-refractivity contribution in [3.05, 3.63) is 0 Å². The van der Waals surface area contributed by atoms with Gasteiger partial charge in [-0.15, -0.1) is 0 Å². The Morgan fingerprint density at radius 1 is 1.64 bits per heavy atom. The second kappa shape index (κ2) is 6.46. The largest absolute Gasteiger partial charge is 0.381 e. The molecule has 2 unspecified atom stereocenters. The topological polar surface area (TPSA) is 26.3 Å². The summed E-state index contributed by atoms with van der Waals surface area (Å²) in [4.78, 5) is 11.1. The number of hydrogen-bond acceptors (Lipinski definition) is 3. The van der Waals surface area contributed by atoms with E-state index in [1.54, 1.807) is 6.92 Å². The van der Waals surface area contributed by atoms with Gasteiger partial charge < -0.3 is 9.53 Å². The molecule has 0 aliphatic carbocycles. The van der Waals surface area contributed by atoms with Crippen LogP contribution in [-0.4, -0.2) is 31.0 Å². The molecule has 0 aromatic carbocycles. The summed E-state index contributed by atoms with van der Waals surface area (Å²) < 4.78 is 5.47. The van der Waals surface area contributed by atoms with Crippen molar-refractivity contribution >= 4 is 17.5 Å². The van der Waals surface area contributed by atoms with Gasteiger partial charge in [0.2, 0.25) is 0 Å². The van der Waals surface area contributed by atoms with E-state index in [1.807, 2.05) is 11.8 Å². The van der Waals surface area contributed by atoms with Crippen LogP contribution in [0.15, 0.2) is 0 Å². The molecule has 0 radical (unpaired) electrons.